The average Bonchev–Trinajstić information content (AvgIpc) is 3.43. The number of hydrogen-bond acceptors (Lipinski definition) is 14. The van der Waals surface area contributed by atoms with Crippen LogP contribution in [-0.4, -0.2) is 130 Å². The third kappa shape index (κ3) is 18.3. The van der Waals surface area contributed by atoms with Crippen molar-refractivity contribution in [2.24, 2.45) is 23.1 Å². The Morgan fingerprint density at radius 3 is 1.80 bits per heavy atom. The number of primary amides is 1. The van der Waals surface area contributed by atoms with Gasteiger partial charge in [-0.25, -0.2) is 0 Å². The van der Waals surface area contributed by atoms with Crippen molar-refractivity contribution in [3.05, 3.63) is 138 Å². The zero-order valence-electron chi connectivity index (χ0n) is 44.9. The van der Waals surface area contributed by atoms with Gasteiger partial charge in [0, 0.05) is 24.3 Å². The summed E-state index contributed by atoms with van der Waals surface area (Å²) in [5.41, 5.74) is 21.6. The molecule has 1 unspecified atom stereocenters. The molecule has 20 nitrogen and oxygen atoms in total. The summed E-state index contributed by atoms with van der Waals surface area (Å²) in [7, 11) is 2.03. The number of phenolic OH excluding ortho intramolecular Hbond substituents is 1. The van der Waals surface area contributed by atoms with Crippen molar-refractivity contribution in [2.45, 2.75) is 114 Å². The minimum absolute atomic E-state index is 0.0505. The van der Waals surface area contributed by atoms with Gasteiger partial charge in [-0.05, 0) is 95.8 Å². The van der Waals surface area contributed by atoms with E-state index in [1.807, 2.05) is 97.1 Å². The molecule has 0 radical (unpaired) electrons. The lowest BCUT2D eigenvalue weighted by Gasteiger charge is -2.29. The maximum absolute atomic E-state index is 14.9. The standard InChI is InChI=1S/C58H72N10O10S2/c1-33(2)49-58(78)66-48(57(77)68-50(34(3)69)51(61)71)32-80-79-31-47(65-52(72)43(60)28-37-18-23-39-13-7-8-14-41(39)27-37)56(76)64-46(30-36-19-24-42(70)25-20-36)55(75)63-45(54(74)62-44(53(73)67-49)15-9-10-26-59)29-35-16-21-40(22-17-35)38-11-5-4-6-12-38/h4-8,11-14,16-25,27,33-34,43-50,69-70H,9-10,15,26,28-32,59-60H2,1-3H3,(H2,61,71)(H,62,74)(H,63,75)(H,64,76)(H,65,72)(H,66,78)(H,67,73)(H,68,77)/t34?,43-,44+,45-,46+,47+,48+,49+,50+/m1/s1. The van der Waals surface area contributed by atoms with Gasteiger partial charge in [0.1, 0.15) is 48.0 Å². The van der Waals surface area contributed by atoms with Crippen LogP contribution in [0.15, 0.2) is 121 Å². The Kier molecular flexibility index (Phi) is 23.3. The molecule has 426 valence electrons. The molecule has 22 heteroatoms. The molecule has 1 aliphatic rings. The second kappa shape index (κ2) is 30.2. The highest BCUT2D eigenvalue weighted by molar-refractivity contribution is 8.76. The molecule has 0 aliphatic carbocycles. The number of aromatic hydroxyl groups is 1. The number of aliphatic hydroxyl groups is 1. The van der Waals surface area contributed by atoms with Crippen molar-refractivity contribution in [1.82, 2.24) is 37.2 Å². The number of benzene rings is 5. The van der Waals surface area contributed by atoms with Crippen LogP contribution < -0.4 is 54.4 Å². The summed E-state index contributed by atoms with van der Waals surface area (Å²) in [6.07, 6.45) is -0.652. The summed E-state index contributed by atoms with van der Waals surface area (Å²) >= 11 is 0. The molecule has 1 heterocycles. The van der Waals surface area contributed by atoms with E-state index < -0.39 is 108 Å². The van der Waals surface area contributed by atoms with Crippen LogP contribution in [-0.2, 0) is 57.6 Å². The molecule has 6 rings (SSSR count). The lowest BCUT2D eigenvalue weighted by molar-refractivity contribution is -0.136. The van der Waals surface area contributed by atoms with Crippen molar-refractivity contribution in [3.63, 3.8) is 0 Å². The Morgan fingerprint density at radius 1 is 0.637 bits per heavy atom. The minimum Gasteiger partial charge on any atom is -0.508 e. The van der Waals surface area contributed by atoms with Gasteiger partial charge < -0.3 is 64.6 Å². The normalized spacial score (nSPS) is 21.1. The number of rotatable bonds is 18. The van der Waals surface area contributed by atoms with Crippen molar-refractivity contribution in [3.8, 4) is 16.9 Å². The highest BCUT2D eigenvalue weighted by Crippen LogP contribution is 2.25. The van der Waals surface area contributed by atoms with Crippen LogP contribution in [0.4, 0.5) is 0 Å². The molecule has 1 fully saturated rings. The Balaban J connectivity index is 1.39. The van der Waals surface area contributed by atoms with E-state index in [-0.39, 0.29) is 49.5 Å². The number of nitrogens with two attached hydrogens (primary N) is 3. The molecule has 1 saturated heterocycles. The van der Waals surface area contributed by atoms with Gasteiger partial charge in [0.15, 0.2) is 0 Å². The Hall–Kier alpha value is -7.50. The summed E-state index contributed by atoms with van der Waals surface area (Å²) in [4.78, 5) is 114. The molecule has 0 spiro atoms. The van der Waals surface area contributed by atoms with Crippen LogP contribution in [0.3, 0.4) is 0 Å². The molecule has 5 aromatic carbocycles. The first-order valence-corrected chi connectivity index (χ1v) is 29.0. The number of nitrogens with one attached hydrogen (secondary N) is 7. The van der Waals surface area contributed by atoms with Crippen molar-refractivity contribution < 1.29 is 48.6 Å². The van der Waals surface area contributed by atoms with Gasteiger partial charge in [-0.3, -0.25) is 38.4 Å². The summed E-state index contributed by atoms with van der Waals surface area (Å²) < 4.78 is 0. The van der Waals surface area contributed by atoms with E-state index in [0.29, 0.717) is 24.0 Å². The number of fused-ring (bicyclic) bond motifs is 1. The van der Waals surface area contributed by atoms with E-state index in [4.69, 9.17) is 17.2 Å². The van der Waals surface area contributed by atoms with Crippen molar-refractivity contribution in [2.75, 3.05) is 18.1 Å². The second-order valence-corrected chi connectivity index (χ2v) is 22.7. The molecule has 0 aromatic heterocycles. The smallest absolute Gasteiger partial charge is 0.244 e. The maximum atomic E-state index is 14.9. The molecule has 0 saturated carbocycles. The highest BCUT2D eigenvalue weighted by Gasteiger charge is 2.36. The zero-order chi connectivity index (χ0) is 57.9. The fourth-order valence-electron chi connectivity index (χ4n) is 8.89. The predicted octanol–water partition coefficient (Wildman–Crippen LogP) is 2.01. The van der Waals surface area contributed by atoms with Gasteiger partial charge in [0.05, 0.1) is 12.1 Å². The van der Waals surface area contributed by atoms with Crippen LogP contribution in [0.5, 0.6) is 5.75 Å². The summed E-state index contributed by atoms with van der Waals surface area (Å²) in [6, 6.07) is 25.4. The number of unbranched alkanes of at least 4 members (excludes halogenated alkanes) is 1. The Bertz CT molecular complexity index is 2930. The van der Waals surface area contributed by atoms with Gasteiger partial charge in [-0.1, -0.05) is 145 Å². The molecule has 8 amide bonds. The topological polar surface area (TPSA) is 339 Å². The molecular formula is C58H72N10O10S2. The molecule has 15 N–H and O–H groups in total. The SMILES string of the molecule is CC(C)[C@@H]1NC(=O)[C@H](CCCCN)NC(=O)[C@@H](Cc2ccc(-c3ccccc3)cc2)NC(=O)[C@H](Cc2ccc(O)cc2)NC(=O)[C@@H](NC(=O)[C@H](N)Cc2ccc3ccccc3c2)CSSC[C@@H](C(=O)N[C@H](C(N)=O)C(C)O)NC1=O. The van der Waals surface area contributed by atoms with E-state index in [1.54, 1.807) is 26.0 Å². The van der Waals surface area contributed by atoms with Gasteiger partial charge in [-0.2, -0.15) is 0 Å². The summed E-state index contributed by atoms with van der Waals surface area (Å²) in [5.74, 6) is -7.67. The lowest BCUT2D eigenvalue weighted by Crippen LogP contribution is -2.62. The first-order valence-electron chi connectivity index (χ1n) is 26.5. The minimum atomic E-state index is -1.55. The molecule has 80 heavy (non-hydrogen) atoms. The highest BCUT2D eigenvalue weighted by atomic mass is 33.1. The van der Waals surface area contributed by atoms with E-state index in [9.17, 15) is 48.6 Å². The first-order chi connectivity index (χ1) is 38.3. The molecular weight excluding hydrogens is 1060 g/mol. The lowest BCUT2D eigenvalue weighted by atomic mass is 9.98. The number of aliphatic hydroxyl groups excluding tert-OH is 1. The molecule has 9 atom stereocenters. The third-order valence-electron chi connectivity index (χ3n) is 13.5. The fraction of sp³-hybridized carbons (Fsp3) is 0.379. The largest absolute Gasteiger partial charge is 0.508 e. The van der Waals surface area contributed by atoms with Gasteiger partial charge in [0.25, 0.3) is 0 Å². The average molecular weight is 1130 g/mol. The van der Waals surface area contributed by atoms with Crippen LogP contribution >= 0.6 is 21.6 Å². The Morgan fingerprint density at radius 2 is 1.19 bits per heavy atom. The third-order valence-corrected chi connectivity index (χ3v) is 15.9. The van der Waals surface area contributed by atoms with E-state index >= 15 is 0 Å². The van der Waals surface area contributed by atoms with E-state index in [2.05, 4.69) is 37.2 Å². The number of hydrogen-bond donors (Lipinski definition) is 12. The van der Waals surface area contributed by atoms with Crippen LogP contribution in [0, 0.1) is 5.92 Å². The fourth-order valence-corrected chi connectivity index (χ4v) is 11.2. The number of carbonyl (C=O) groups is 8. The summed E-state index contributed by atoms with van der Waals surface area (Å²) in [5, 5.41) is 41.5. The van der Waals surface area contributed by atoms with Crippen LogP contribution in [0.2, 0.25) is 0 Å². The molecule has 0 bridgehead atoms. The number of amides is 8. The van der Waals surface area contributed by atoms with E-state index in [0.717, 1.165) is 49.1 Å². The van der Waals surface area contributed by atoms with E-state index in [1.165, 1.54) is 19.1 Å². The van der Waals surface area contributed by atoms with Gasteiger partial charge >= 0.3 is 0 Å². The predicted molar refractivity (Wildman–Crippen MR) is 310 cm³/mol. The molecule has 5 aromatic rings. The first kappa shape index (κ1) is 61.7. The van der Waals surface area contributed by atoms with Crippen LogP contribution in [0.1, 0.15) is 56.7 Å². The quantitative estimate of drug-likeness (QED) is 0.0441. The van der Waals surface area contributed by atoms with Gasteiger partial charge in [-0.15, -0.1) is 0 Å². The molecule has 1 aliphatic heterocycles. The van der Waals surface area contributed by atoms with Crippen molar-refractivity contribution >= 4 is 79.6 Å². The summed E-state index contributed by atoms with van der Waals surface area (Å²) in [6.45, 7) is 4.85. The van der Waals surface area contributed by atoms with Gasteiger partial charge in [0.2, 0.25) is 47.3 Å². The van der Waals surface area contributed by atoms with Crippen molar-refractivity contribution in [1.29, 1.82) is 0 Å². The monoisotopic (exact) mass is 1130 g/mol. The van der Waals surface area contributed by atoms with Crippen LogP contribution in [0.25, 0.3) is 21.9 Å². The second-order valence-electron chi connectivity index (χ2n) is 20.1. The zero-order valence-corrected chi connectivity index (χ0v) is 46.5. The Labute approximate surface area is 473 Å². The number of carbonyl (C=O) groups excluding carboxylic acids is 8. The maximum Gasteiger partial charge on any atom is 0.244 e. The number of phenols is 1.